The number of hydrogen-bond donors (Lipinski definition) is 2. The fourth-order valence-electron chi connectivity index (χ4n) is 3.37. The fraction of sp³-hybridized carbons (Fsp3) is 0.500. The molecular formula is C20H28F2IN5. The molecule has 1 unspecified atom stereocenters. The lowest BCUT2D eigenvalue weighted by Crippen LogP contribution is -2.46. The van der Waals surface area contributed by atoms with Gasteiger partial charge in [0, 0.05) is 43.9 Å². The van der Waals surface area contributed by atoms with E-state index >= 15 is 0 Å². The van der Waals surface area contributed by atoms with Crippen LogP contribution >= 0.6 is 24.0 Å². The number of guanidine groups is 1. The zero-order valence-corrected chi connectivity index (χ0v) is 18.8. The van der Waals surface area contributed by atoms with E-state index in [2.05, 4.69) is 40.8 Å². The van der Waals surface area contributed by atoms with Gasteiger partial charge in [-0.15, -0.1) is 24.0 Å². The molecule has 0 amide bonds. The largest absolute Gasteiger partial charge is 0.356 e. The summed E-state index contributed by atoms with van der Waals surface area (Å²) in [6, 6.07) is 4.53. The number of halogens is 3. The summed E-state index contributed by atoms with van der Waals surface area (Å²) < 4.78 is 29.4. The number of hydrogen-bond acceptors (Lipinski definition) is 2. The second kappa shape index (κ2) is 10.2. The molecule has 154 valence electrons. The standard InChI is InChI=1S/C20H27F2N5.HI/c1-13(2)27-12-14-7-8-15(11-19(14)26-27)25-20(23-3)24-10-9-16-17(21)5-4-6-18(16)22;/h4-6,12-13,15H,7-11H2,1-3H3,(H2,23,24,25);1H. The van der Waals surface area contributed by atoms with Crippen LogP contribution in [0.1, 0.15) is 43.1 Å². The van der Waals surface area contributed by atoms with E-state index in [0.29, 0.717) is 18.5 Å². The molecule has 0 spiro atoms. The quantitative estimate of drug-likeness (QED) is 0.373. The van der Waals surface area contributed by atoms with E-state index in [4.69, 9.17) is 0 Å². The first-order valence-corrected chi connectivity index (χ1v) is 9.45. The molecule has 0 radical (unpaired) electrons. The Hall–Kier alpha value is -1.71. The van der Waals surface area contributed by atoms with Gasteiger partial charge in [-0.2, -0.15) is 5.10 Å². The van der Waals surface area contributed by atoms with Gasteiger partial charge in [0.05, 0.1) is 5.69 Å². The first kappa shape index (κ1) is 22.6. The molecule has 1 heterocycles. The highest BCUT2D eigenvalue weighted by Gasteiger charge is 2.23. The number of aliphatic imine (C=N–C) groups is 1. The Bertz CT molecular complexity index is 799. The van der Waals surface area contributed by atoms with Crippen LogP contribution in [0.15, 0.2) is 29.4 Å². The lowest BCUT2D eigenvalue weighted by molar-refractivity contribution is 0.499. The Morgan fingerprint density at radius 1 is 1.32 bits per heavy atom. The van der Waals surface area contributed by atoms with E-state index in [-0.39, 0.29) is 42.0 Å². The first-order valence-electron chi connectivity index (χ1n) is 9.45. The lowest BCUT2D eigenvalue weighted by Gasteiger charge is -2.24. The van der Waals surface area contributed by atoms with Crippen LogP contribution in [0.4, 0.5) is 8.78 Å². The van der Waals surface area contributed by atoms with Gasteiger partial charge >= 0.3 is 0 Å². The number of aryl methyl sites for hydroxylation is 1. The molecule has 28 heavy (non-hydrogen) atoms. The molecule has 5 nitrogen and oxygen atoms in total. The number of nitrogens with one attached hydrogen (secondary N) is 2. The molecule has 0 aliphatic heterocycles. The average Bonchev–Trinajstić information content (AvgIpc) is 3.07. The summed E-state index contributed by atoms with van der Waals surface area (Å²) in [5.41, 5.74) is 2.55. The Morgan fingerprint density at radius 2 is 2.04 bits per heavy atom. The van der Waals surface area contributed by atoms with Gasteiger partial charge in [-0.1, -0.05) is 6.07 Å². The second-order valence-electron chi connectivity index (χ2n) is 7.21. The van der Waals surface area contributed by atoms with Gasteiger partial charge in [-0.25, -0.2) is 8.78 Å². The highest BCUT2D eigenvalue weighted by Crippen LogP contribution is 2.21. The fourth-order valence-corrected chi connectivity index (χ4v) is 3.37. The van der Waals surface area contributed by atoms with E-state index in [1.54, 1.807) is 7.05 Å². The highest BCUT2D eigenvalue weighted by molar-refractivity contribution is 14.0. The van der Waals surface area contributed by atoms with E-state index in [1.165, 1.54) is 23.8 Å². The summed E-state index contributed by atoms with van der Waals surface area (Å²) in [5, 5.41) is 11.2. The maximum atomic E-state index is 13.7. The molecule has 8 heteroatoms. The molecule has 2 N–H and O–H groups in total. The number of nitrogens with zero attached hydrogens (tertiary/aromatic N) is 3. The zero-order chi connectivity index (χ0) is 19.4. The van der Waals surface area contributed by atoms with Crippen LogP contribution < -0.4 is 10.6 Å². The van der Waals surface area contributed by atoms with Crippen LogP contribution in [0.25, 0.3) is 0 Å². The SMILES string of the molecule is CN=C(NCCc1c(F)cccc1F)NC1CCc2cn(C(C)C)nc2C1.I. The molecule has 0 saturated carbocycles. The third-order valence-corrected chi connectivity index (χ3v) is 4.92. The van der Waals surface area contributed by atoms with Crippen LogP contribution in [0.5, 0.6) is 0 Å². The monoisotopic (exact) mass is 503 g/mol. The number of aromatic nitrogens is 2. The summed E-state index contributed by atoms with van der Waals surface area (Å²) >= 11 is 0. The second-order valence-corrected chi connectivity index (χ2v) is 7.21. The van der Waals surface area contributed by atoms with Crippen molar-refractivity contribution in [3.8, 4) is 0 Å². The summed E-state index contributed by atoms with van der Waals surface area (Å²) in [7, 11) is 1.70. The van der Waals surface area contributed by atoms with Crippen LogP contribution in [0, 0.1) is 11.6 Å². The van der Waals surface area contributed by atoms with Crippen molar-refractivity contribution in [1.82, 2.24) is 20.4 Å². The maximum absolute atomic E-state index is 13.7. The van der Waals surface area contributed by atoms with Gasteiger partial charge in [0.2, 0.25) is 0 Å². The molecule has 2 aromatic rings. The zero-order valence-electron chi connectivity index (χ0n) is 16.5. The van der Waals surface area contributed by atoms with Gasteiger partial charge < -0.3 is 10.6 Å². The van der Waals surface area contributed by atoms with Crippen LogP contribution in [0.3, 0.4) is 0 Å². The van der Waals surface area contributed by atoms with Crippen molar-refractivity contribution < 1.29 is 8.78 Å². The van der Waals surface area contributed by atoms with Crippen molar-refractivity contribution >= 4 is 29.9 Å². The highest BCUT2D eigenvalue weighted by atomic mass is 127. The van der Waals surface area contributed by atoms with Gasteiger partial charge in [0.25, 0.3) is 0 Å². The third kappa shape index (κ3) is 5.42. The van der Waals surface area contributed by atoms with Gasteiger partial charge in [-0.3, -0.25) is 9.67 Å². The molecule has 1 aromatic heterocycles. The summed E-state index contributed by atoms with van der Waals surface area (Å²) in [5.74, 6) is -0.385. The molecule has 0 fully saturated rings. The number of benzene rings is 1. The van der Waals surface area contributed by atoms with Crippen molar-refractivity contribution in [2.75, 3.05) is 13.6 Å². The van der Waals surface area contributed by atoms with Crippen LogP contribution in [0.2, 0.25) is 0 Å². The normalized spacial score (nSPS) is 16.5. The Balaban J connectivity index is 0.00000280. The predicted octanol–water partition coefficient (Wildman–Crippen LogP) is 3.63. The summed E-state index contributed by atoms with van der Waals surface area (Å²) in [6.45, 7) is 4.65. The minimum Gasteiger partial charge on any atom is -0.356 e. The molecule has 3 rings (SSSR count). The van der Waals surface area contributed by atoms with E-state index in [9.17, 15) is 8.78 Å². The van der Waals surface area contributed by atoms with E-state index in [1.807, 2.05) is 4.68 Å². The summed E-state index contributed by atoms with van der Waals surface area (Å²) in [6.07, 6.45) is 5.23. The number of fused-ring (bicyclic) bond motifs is 1. The minimum absolute atomic E-state index is 0. The molecule has 1 aliphatic rings. The van der Waals surface area contributed by atoms with Crippen LogP contribution in [-0.4, -0.2) is 35.4 Å². The van der Waals surface area contributed by atoms with Gasteiger partial charge in [0.15, 0.2) is 5.96 Å². The average molecular weight is 503 g/mol. The van der Waals surface area contributed by atoms with Gasteiger partial charge in [0.1, 0.15) is 11.6 Å². The molecular weight excluding hydrogens is 475 g/mol. The number of rotatable bonds is 5. The Kier molecular flexibility index (Phi) is 8.21. The van der Waals surface area contributed by atoms with Crippen molar-refractivity contribution in [1.29, 1.82) is 0 Å². The van der Waals surface area contributed by atoms with Crippen molar-refractivity contribution in [2.45, 2.75) is 51.6 Å². The first-order chi connectivity index (χ1) is 13.0. The van der Waals surface area contributed by atoms with E-state index in [0.717, 1.165) is 25.0 Å². The minimum atomic E-state index is -0.514. The topological polar surface area (TPSA) is 54.2 Å². The Morgan fingerprint density at radius 3 is 2.68 bits per heavy atom. The predicted molar refractivity (Wildman–Crippen MR) is 118 cm³/mol. The Labute approximate surface area is 182 Å². The van der Waals surface area contributed by atoms with Gasteiger partial charge in [-0.05, 0) is 50.8 Å². The maximum Gasteiger partial charge on any atom is 0.191 e. The van der Waals surface area contributed by atoms with Crippen molar-refractivity contribution in [2.24, 2.45) is 4.99 Å². The molecule has 1 aromatic carbocycles. The lowest BCUT2D eigenvalue weighted by atomic mass is 9.94. The smallest absolute Gasteiger partial charge is 0.191 e. The molecule has 0 bridgehead atoms. The summed E-state index contributed by atoms with van der Waals surface area (Å²) in [4.78, 5) is 4.23. The third-order valence-electron chi connectivity index (χ3n) is 4.92. The van der Waals surface area contributed by atoms with Crippen molar-refractivity contribution in [3.05, 3.63) is 52.9 Å². The van der Waals surface area contributed by atoms with E-state index < -0.39 is 11.6 Å². The van der Waals surface area contributed by atoms with Crippen LogP contribution in [-0.2, 0) is 19.3 Å². The van der Waals surface area contributed by atoms with Crippen molar-refractivity contribution in [3.63, 3.8) is 0 Å². The molecule has 0 saturated heterocycles. The molecule has 1 atom stereocenters. The molecule has 1 aliphatic carbocycles.